The van der Waals surface area contributed by atoms with Gasteiger partial charge in [0.15, 0.2) is 0 Å². The van der Waals surface area contributed by atoms with Crippen LogP contribution in [-0.4, -0.2) is 29.7 Å². The lowest BCUT2D eigenvalue weighted by atomic mass is 10.0. The van der Waals surface area contributed by atoms with Crippen LogP contribution in [0.4, 0.5) is 30.7 Å². The Hall–Kier alpha value is -0.530. The number of rotatable bonds is 5. The fourth-order valence-electron chi connectivity index (χ4n) is 0.823. The van der Waals surface area contributed by atoms with Crippen LogP contribution in [-0.2, 0) is 0 Å². The highest BCUT2D eigenvalue weighted by molar-refractivity contribution is 4.90. The molecule has 0 aromatic rings. The fourth-order valence-corrected chi connectivity index (χ4v) is 0.823. The molecule has 0 saturated carbocycles. The molecule has 0 rings (SSSR count). The third-order valence-corrected chi connectivity index (χ3v) is 1.71. The first kappa shape index (κ1) is 14.5. The van der Waals surface area contributed by atoms with E-state index in [9.17, 15) is 30.7 Å². The Morgan fingerprint density at radius 3 is 1.60 bits per heavy atom. The fraction of sp³-hybridized carbons (Fsp3) is 1.00. The minimum absolute atomic E-state index is 0.247. The maximum atomic E-state index is 12.5. The summed E-state index contributed by atoms with van der Waals surface area (Å²) in [5.74, 6) is -11.2. The lowest BCUT2D eigenvalue weighted by Gasteiger charge is -2.28. The Morgan fingerprint density at radius 1 is 0.800 bits per heavy atom. The van der Waals surface area contributed by atoms with Crippen molar-refractivity contribution >= 4 is 0 Å². The summed E-state index contributed by atoms with van der Waals surface area (Å²) in [5.41, 5.74) is 0. The van der Waals surface area contributed by atoms with Gasteiger partial charge >= 0.3 is 18.0 Å². The van der Waals surface area contributed by atoms with Crippen molar-refractivity contribution in [3.8, 4) is 0 Å². The van der Waals surface area contributed by atoms with Crippen molar-refractivity contribution in [2.45, 2.75) is 37.3 Å². The van der Waals surface area contributed by atoms with Crippen LogP contribution in [0.2, 0.25) is 0 Å². The first-order chi connectivity index (χ1) is 6.56. The summed E-state index contributed by atoms with van der Waals surface area (Å²) in [7, 11) is 0. The van der Waals surface area contributed by atoms with Crippen molar-refractivity contribution in [1.82, 2.24) is 0 Å². The second kappa shape index (κ2) is 4.54. The molecule has 0 bridgehead atoms. The van der Waals surface area contributed by atoms with E-state index in [4.69, 9.17) is 5.11 Å². The van der Waals surface area contributed by atoms with Crippen LogP contribution in [0.1, 0.15) is 19.3 Å². The van der Waals surface area contributed by atoms with Gasteiger partial charge in [0.2, 0.25) is 0 Å². The molecule has 0 radical (unpaired) electrons. The van der Waals surface area contributed by atoms with Crippen LogP contribution in [0.5, 0.6) is 0 Å². The van der Waals surface area contributed by atoms with E-state index in [0.29, 0.717) is 0 Å². The summed E-state index contributed by atoms with van der Waals surface area (Å²) >= 11 is 0. The van der Waals surface area contributed by atoms with E-state index in [1.54, 1.807) is 0 Å². The SMILES string of the molecule is OCCCCC(F)(F)C(F)(F)C(F)(F)F. The zero-order chi connectivity index (χ0) is 12.3. The molecule has 0 aromatic heterocycles. The molecule has 0 aromatic carbocycles. The number of hydrogen-bond acceptors (Lipinski definition) is 1. The third-order valence-electron chi connectivity index (χ3n) is 1.71. The largest absolute Gasteiger partial charge is 0.459 e. The molecule has 92 valence electrons. The summed E-state index contributed by atoms with van der Waals surface area (Å²) in [6.07, 6.45) is -8.73. The van der Waals surface area contributed by atoms with Crippen molar-refractivity contribution in [2.24, 2.45) is 0 Å². The molecule has 0 atom stereocenters. The Labute approximate surface area is 80.9 Å². The van der Waals surface area contributed by atoms with E-state index < -0.39 is 37.5 Å². The molecule has 0 aliphatic carbocycles. The number of hydrogen-bond donors (Lipinski definition) is 1. The molecule has 0 saturated heterocycles. The Kier molecular flexibility index (Phi) is 4.38. The van der Waals surface area contributed by atoms with Gasteiger partial charge in [-0.05, 0) is 12.8 Å². The Morgan fingerprint density at radius 2 is 1.27 bits per heavy atom. The van der Waals surface area contributed by atoms with E-state index in [2.05, 4.69) is 0 Å². The summed E-state index contributed by atoms with van der Waals surface area (Å²) < 4.78 is 84.0. The Balaban J connectivity index is 4.56. The molecule has 8 heteroatoms. The van der Waals surface area contributed by atoms with Crippen molar-refractivity contribution in [1.29, 1.82) is 0 Å². The molecule has 0 spiro atoms. The molecule has 1 nitrogen and oxygen atoms in total. The van der Waals surface area contributed by atoms with Gasteiger partial charge in [-0.3, -0.25) is 0 Å². The van der Waals surface area contributed by atoms with E-state index >= 15 is 0 Å². The minimum Gasteiger partial charge on any atom is -0.396 e. The van der Waals surface area contributed by atoms with E-state index in [-0.39, 0.29) is 6.42 Å². The van der Waals surface area contributed by atoms with Gasteiger partial charge in [-0.15, -0.1) is 0 Å². The molecular weight excluding hydrogens is 233 g/mol. The molecule has 0 amide bonds. The highest BCUT2D eigenvalue weighted by Gasteiger charge is 2.72. The standard InChI is InChI=1S/C7H9F7O/c8-5(9,3-1-2-4-15)6(10,11)7(12,13)14/h15H,1-4H2. The molecule has 1 N–H and O–H groups in total. The van der Waals surface area contributed by atoms with Gasteiger partial charge in [-0.1, -0.05) is 0 Å². The third kappa shape index (κ3) is 3.22. The highest BCUT2D eigenvalue weighted by atomic mass is 19.4. The predicted octanol–water partition coefficient (Wildman–Crippen LogP) is 2.98. The first-order valence-electron chi connectivity index (χ1n) is 3.99. The second-order valence-electron chi connectivity index (χ2n) is 2.96. The van der Waals surface area contributed by atoms with Crippen molar-refractivity contribution in [3.05, 3.63) is 0 Å². The summed E-state index contributed by atoms with van der Waals surface area (Å²) in [6.45, 7) is -0.534. The van der Waals surface area contributed by atoms with Crippen LogP contribution < -0.4 is 0 Å². The first-order valence-corrected chi connectivity index (χ1v) is 3.99. The summed E-state index contributed by atoms with van der Waals surface area (Å²) in [4.78, 5) is 0. The van der Waals surface area contributed by atoms with Crippen LogP contribution >= 0.6 is 0 Å². The van der Waals surface area contributed by atoms with Gasteiger partial charge in [-0.25, -0.2) is 0 Å². The molecule has 0 aliphatic rings. The van der Waals surface area contributed by atoms with Gasteiger partial charge in [0.1, 0.15) is 0 Å². The van der Waals surface area contributed by atoms with E-state index in [0.717, 1.165) is 0 Å². The molecule has 0 heterocycles. The van der Waals surface area contributed by atoms with Gasteiger partial charge in [0.25, 0.3) is 0 Å². The van der Waals surface area contributed by atoms with Crippen LogP contribution in [0.15, 0.2) is 0 Å². The molecular formula is C7H9F7O. The average molecular weight is 242 g/mol. The smallest absolute Gasteiger partial charge is 0.396 e. The number of alkyl halides is 7. The van der Waals surface area contributed by atoms with E-state index in [1.165, 1.54) is 0 Å². The highest BCUT2D eigenvalue weighted by Crippen LogP contribution is 2.48. The zero-order valence-electron chi connectivity index (χ0n) is 7.42. The second-order valence-corrected chi connectivity index (χ2v) is 2.96. The average Bonchev–Trinajstić information content (AvgIpc) is 2.02. The topological polar surface area (TPSA) is 20.2 Å². The zero-order valence-corrected chi connectivity index (χ0v) is 7.42. The van der Waals surface area contributed by atoms with Gasteiger partial charge in [-0.2, -0.15) is 30.7 Å². The monoisotopic (exact) mass is 242 g/mol. The summed E-state index contributed by atoms with van der Waals surface area (Å²) in [6, 6.07) is 0. The number of halogens is 7. The van der Waals surface area contributed by atoms with Crippen LogP contribution in [0, 0.1) is 0 Å². The van der Waals surface area contributed by atoms with Crippen molar-refractivity contribution in [3.63, 3.8) is 0 Å². The molecule has 0 unspecified atom stereocenters. The Bertz CT molecular complexity index is 198. The minimum atomic E-state index is -6.27. The number of aliphatic hydroxyl groups is 1. The van der Waals surface area contributed by atoms with Crippen molar-refractivity contribution < 1.29 is 35.8 Å². The normalized spacial score (nSPS) is 14.4. The maximum Gasteiger partial charge on any atom is 0.459 e. The van der Waals surface area contributed by atoms with Crippen LogP contribution in [0.25, 0.3) is 0 Å². The predicted molar refractivity (Wildman–Crippen MR) is 36.9 cm³/mol. The molecule has 15 heavy (non-hydrogen) atoms. The summed E-state index contributed by atoms with van der Waals surface area (Å²) in [5, 5.41) is 8.17. The lowest BCUT2D eigenvalue weighted by molar-refractivity contribution is -0.355. The van der Waals surface area contributed by atoms with Gasteiger partial charge in [0.05, 0.1) is 0 Å². The number of unbranched alkanes of at least 4 members (excludes halogenated alkanes) is 1. The van der Waals surface area contributed by atoms with E-state index in [1.807, 2.05) is 0 Å². The van der Waals surface area contributed by atoms with Gasteiger partial charge < -0.3 is 5.11 Å². The maximum absolute atomic E-state index is 12.5. The number of aliphatic hydroxyl groups excluding tert-OH is 1. The lowest BCUT2D eigenvalue weighted by Crippen LogP contribution is -2.51. The molecule has 0 aliphatic heterocycles. The quantitative estimate of drug-likeness (QED) is 0.580. The molecule has 0 fully saturated rings. The van der Waals surface area contributed by atoms with Gasteiger partial charge in [0, 0.05) is 13.0 Å². The van der Waals surface area contributed by atoms with Crippen LogP contribution in [0.3, 0.4) is 0 Å². The van der Waals surface area contributed by atoms with Crippen molar-refractivity contribution in [2.75, 3.05) is 6.61 Å².